The van der Waals surface area contributed by atoms with Crippen molar-refractivity contribution in [3.8, 4) is 0 Å². The van der Waals surface area contributed by atoms with E-state index in [-0.39, 0.29) is 6.04 Å². The predicted octanol–water partition coefficient (Wildman–Crippen LogP) is 2.28. The van der Waals surface area contributed by atoms with E-state index in [2.05, 4.69) is 19.1 Å². The second-order valence-electron chi connectivity index (χ2n) is 4.19. The van der Waals surface area contributed by atoms with E-state index in [4.69, 9.17) is 5.73 Å². The van der Waals surface area contributed by atoms with Crippen LogP contribution in [0.1, 0.15) is 38.2 Å². The molecule has 0 amide bonds. The topological polar surface area (TPSA) is 46.2 Å². The van der Waals surface area contributed by atoms with Crippen LogP contribution in [0.15, 0.2) is 30.3 Å². The van der Waals surface area contributed by atoms with Crippen LogP contribution in [-0.4, -0.2) is 17.3 Å². The van der Waals surface area contributed by atoms with Crippen molar-refractivity contribution in [1.29, 1.82) is 0 Å². The molecule has 84 valence electrons. The highest BCUT2D eigenvalue weighted by atomic mass is 16.3. The fraction of sp³-hybridized carbons (Fsp3) is 0.538. The Bertz CT molecular complexity index is 273. The third-order valence-electron chi connectivity index (χ3n) is 2.93. The third kappa shape index (κ3) is 3.65. The average molecular weight is 207 g/mol. The SMILES string of the molecule is CCC(N)C(O)CC(C)c1ccccc1. The van der Waals surface area contributed by atoms with Gasteiger partial charge in [-0.2, -0.15) is 0 Å². The van der Waals surface area contributed by atoms with E-state index in [0.29, 0.717) is 5.92 Å². The van der Waals surface area contributed by atoms with Crippen LogP contribution in [0.2, 0.25) is 0 Å². The van der Waals surface area contributed by atoms with E-state index in [1.807, 2.05) is 25.1 Å². The molecule has 3 unspecified atom stereocenters. The molecule has 2 nitrogen and oxygen atoms in total. The Balaban J connectivity index is 2.52. The number of aliphatic hydroxyl groups excluding tert-OH is 1. The lowest BCUT2D eigenvalue weighted by atomic mass is 9.92. The number of benzene rings is 1. The van der Waals surface area contributed by atoms with Gasteiger partial charge in [0.25, 0.3) is 0 Å². The highest BCUT2D eigenvalue weighted by molar-refractivity contribution is 5.18. The standard InChI is InChI=1S/C13H21NO/c1-3-12(14)13(15)9-10(2)11-7-5-4-6-8-11/h4-8,10,12-13,15H,3,9,14H2,1-2H3. The molecular weight excluding hydrogens is 186 g/mol. The minimum absolute atomic E-state index is 0.101. The van der Waals surface area contributed by atoms with E-state index in [1.54, 1.807) is 0 Å². The number of rotatable bonds is 5. The molecule has 0 fully saturated rings. The lowest BCUT2D eigenvalue weighted by Crippen LogP contribution is -2.34. The molecule has 0 aromatic heterocycles. The zero-order valence-corrected chi connectivity index (χ0v) is 9.56. The normalized spacial score (nSPS) is 17.1. The van der Waals surface area contributed by atoms with Gasteiger partial charge in [-0.3, -0.25) is 0 Å². The average Bonchev–Trinajstić information content (AvgIpc) is 2.29. The molecule has 1 aromatic carbocycles. The minimum Gasteiger partial charge on any atom is -0.391 e. The Kier molecular flexibility index (Phi) is 4.79. The molecule has 3 N–H and O–H groups in total. The van der Waals surface area contributed by atoms with Crippen LogP contribution in [0.5, 0.6) is 0 Å². The van der Waals surface area contributed by atoms with Crippen LogP contribution in [-0.2, 0) is 0 Å². The molecule has 0 spiro atoms. The third-order valence-corrected chi connectivity index (χ3v) is 2.93. The predicted molar refractivity (Wildman–Crippen MR) is 63.7 cm³/mol. The van der Waals surface area contributed by atoms with E-state index in [1.165, 1.54) is 5.56 Å². The van der Waals surface area contributed by atoms with Gasteiger partial charge in [-0.15, -0.1) is 0 Å². The van der Waals surface area contributed by atoms with Crippen LogP contribution < -0.4 is 5.73 Å². The van der Waals surface area contributed by atoms with Gasteiger partial charge in [-0.1, -0.05) is 44.2 Å². The number of aliphatic hydroxyl groups is 1. The fourth-order valence-corrected chi connectivity index (χ4v) is 1.73. The van der Waals surface area contributed by atoms with Crippen LogP contribution in [0, 0.1) is 0 Å². The van der Waals surface area contributed by atoms with Crippen molar-refractivity contribution in [2.24, 2.45) is 5.73 Å². The summed E-state index contributed by atoms with van der Waals surface area (Å²) in [7, 11) is 0. The summed E-state index contributed by atoms with van der Waals surface area (Å²) in [5.41, 5.74) is 7.06. The van der Waals surface area contributed by atoms with Crippen LogP contribution >= 0.6 is 0 Å². The lowest BCUT2D eigenvalue weighted by Gasteiger charge is -2.21. The largest absolute Gasteiger partial charge is 0.391 e. The van der Waals surface area contributed by atoms with Crippen LogP contribution in [0.25, 0.3) is 0 Å². The molecule has 15 heavy (non-hydrogen) atoms. The van der Waals surface area contributed by atoms with E-state index < -0.39 is 6.10 Å². The first kappa shape index (κ1) is 12.2. The Morgan fingerprint density at radius 2 is 1.87 bits per heavy atom. The van der Waals surface area contributed by atoms with Gasteiger partial charge in [0, 0.05) is 6.04 Å². The maximum absolute atomic E-state index is 9.82. The molecule has 1 rings (SSSR count). The monoisotopic (exact) mass is 207 g/mol. The lowest BCUT2D eigenvalue weighted by molar-refractivity contribution is 0.126. The molecule has 0 aliphatic rings. The molecular formula is C13H21NO. The Labute approximate surface area is 92.1 Å². The Morgan fingerprint density at radius 3 is 2.40 bits per heavy atom. The second kappa shape index (κ2) is 5.89. The summed E-state index contributed by atoms with van der Waals surface area (Å²) < 4.78 is 0. The summed E-state index contributed by atoms with van der Waals surface area (Å²) in [5, 5.41) is 9.82. The van der Waals surface area contributed by atoms with Crippen molar-refractivity contribution in [3.05, 3.63) is 35.9 Å². The van der Waals surface area contributed by atoms with E-state index in [0.717, 1.165) is 12.8 Å². The van der Waals surface area contributed by atoms with Gasteiger partial charge in [0.15, 0.2) is 0 Å². The van der Waals surface area contributed by atoms with Crippen molar-refractivity contribution < 1.29 is 5.11 Å². The number of hydrogen-bond acceptors (Lipinski definition) is 2. The summed E-state index contributed by atoms with van der Waals surface area (Å²) in [6.45, 7) is 4.13. The zero-order valence-electron chi connectivity index (χ0n) is 9.56. The van der Waals surface area contributed by atoms with Gasteiger partial charge < -0.3 is 10.8 Å². The van der Waals surface area contributed by atoms with Gasteiger partial charge in [0.2, 0.25) is 0 Å². The van der Waals surface area contributed by atoms with Gasteiger partial charge in [-0.25, -0.2) is 0 Å². The second-order valence-corrected chi connectivity index (χ2v) is 4.19. The first-order chi connectivity index (χ1) is 7.15. The van der Waals surface area contributed by atoms with Crippen molar-refractivity contribution in [2.45, 2.75) is 44.8 Å². The van der Waals surface area contributed by atoms with E-state index in [9.17, 15) is 5.11 Å². The van der Waals surface area contributed by atoms with Crippen LogP contribution in [0.3, 0.4) is 0 Å². The van der Waals surface area contributed by atoms with E-state index >= 15 is 0 Å². The Hall–Kier alpha value is -0.860. The maximum atomic E-state index is 9.82. The van der Waals surface area contributed by atoms with Crippen molar-refractivity contribution >= 4 is 0 Å². The minimum atomic E-state index is -0.398. The molecule has 0 bridgehead atoms. The highest BCUT2D eigenvalue weighted by Gasteiger charge is 2.16. The first-order valence-electron chi connectivity index (χ1n) is 5.63. The van der Waals surface area contributed by atoms with Crippen molar-refractivity contribution in [1.82, 2.24) is 0 Å². The zero-order chi connectivity index (χ0) is 11.3. The highest BCUT2D eigenvalue weighted by Crippen LogP contribution is 2.21. The number of hydrogen-bond donors (Lipinski definition) is 2. The van der Waals surface area contributed by atoms with Gasteiger partial charge in [-0.05, 0) is 24.3 Å². The fourth-order valence-electron chi connectivity index (χ4n) is 1.73. The molecule has 0 radical (unpaired) electrons. The maximum Gasteiger partial charge on any atom is 0.0696 e. The molecule has 2 heteroatoms. The van der Waals surface area contributed by atoms with Crippen molar-refractivity contribution in [3.63, 3.8) is 0 Å². The molecule has 0 saturated heterocycles. The molecule has 0 aliphatic heterocycles. The Morgan fingerprint density at radius 1 is 1.27 bits per heavy atom. The smallest absolute Gasteiger partial charge is 0.0696 e. The molecule has 0 aliphatic carbocycles. The number of nitrogens with two attached hydrogens (primary N) is 1. The van der Waals surface area contributed by atoms with Crippen molar-refractivity contribution in [2.75, 3.05) is 0 Å². The summed E-state index contributed by atoms with van der Waals surface area (Å²) in [6.07, 6.45) is 1.16. The molecule has 3 atom stereocenters. The summed E-state index contributed by atoms with van der Waals surface area (Å²) in [4.78, 5) is 0. The summed E-state index contributed by atoms with van der Waals surface area (Å²) >= 11 is 0. The van der Waals surface area contributed by atoms with Gasteiger partial charge in [0.05, 0.1) is 6.10 Å². The molecule has 1 aromatic rings. The van der Waals surface area contributed by atoms with Gasteiger partial charge >= 0.3 is 0 Å². The van der Waals surface area contributed by atoms with Crippen LogP contribution in [0.4, 0.5) is 0 Å². The summed E-state index contributed by atoms with van der Waals surface area (Å²) in [5.74, 6) is 0.360. The van der Waals surface area contributed by atoms with Gasteiger partial charge in [0.1, 0.15) is 0 Å². The molecule has 0 heterocycles. The first-order valence-corrected chi connectivity index (χ1v) is 5.63. The molecule has 0 saturated carbocycles. The quantitative estimate of drug-likeness (QED) is 0.778. The summed E-state index contributed by atoms with van der Waals surface area (Å²) in [6, 6.07) is 10.1.